The van der Waals surface area contributed by atoms with E-state index >= 15 is 0 Å². The molecular weight excluding hydrogens is 1840 g/mol. The molecule has 0 spiro atoms. The number of hydrogen-bond acceptors (Lipinski definition) is 25. The monoisotopic (exact) mass is 1950 g/mol. The Morgan fingerprint density at radius 1 is 0.395 bits per heavy atom. The number of esters is 3. The lowest BCUT2D eigenvalue weighted by molar-refractivity contribution is -0.164. The Hall–Kier alpha value is -8.95. The molecule has 129 heavy (non-hydrogen) atoms. The maximum atomic E-state index is 12.9. The SMILES string of the molecule is Brc1ccc2c3c(ccnc13)CCO2.CC1(C)OB(B2OC(C)(C)C(C)(C)O2)OC1(C)C.COC(=O)C(O)c1c(C)ccc(C)c1Br.COC(=O)C(OC(C)(C)C)c1c(C)ccc(C)c1-c1ccc2c3c(ccnc13)CCO2.COC(=O)C(OC(C)(C)C)c1c(C)ccc(C)c1Br.OB(O)c1ccc2c3c(ccnc13)CCO2.OB(O)c1ccc2c3c(ccnc13)CCO2. The van der Waals surface area contributed by atoms with E-state index in [1.807, 2.05) is 211 Å². The minimum atomic E-state index is -1.50. The number of pyridine rings is 4. The Morgan fingerprint density at radius 2 is 0.698 bits per heavy atom. The molecule has 11 aromatic rings. The number of halogens is 3. The zero-order chi connectivity index (χ0) is 94.5. The highest BCUT2D eigenvalue weighted by Crippen LogP contribution is 2.47. The summed E-state index contributed by atoms with van der Waals surface area (Å²) in [6.07, 6.45) is 7.79. The second kappa shape index (κ2) is 41.5. The number of rotatable bonds is 12. The van der Waals surface area contributed by atoms with Crippen molar-refractivity contribution in [3.8, 4) is 34.1 Å². The average Bonchev–Trinajstić information content (AvgIpc) is 1.60. The van der Waals surface area contributed by atoms with E-state index in [-0.39, 0.29) is 28.4 Å². The first kappa shape index (κ1) is 101. The Bertz CT molecular complexity index is 5760. The minimum absolute atomic E-state index is 0.360. The van der Waals surface area contributed by atoms with Crippen molar-refractivity contribution < 1.29 is 101 Å². The first-order valence-electron chi connectivity index (χ1n) is 42.8. The van der Waals surface area contributed by atoms with Crippen molar-refractivity contribution in [1.29, 1.82) is 0 Å². The van der Waals surface area contributed by atoms with Crippen LogP contribution in [0.25, 0.3) is 54.7 Å². The van der Waals surface area contributed by atoms with E-state index in [1.165, 1.54) is 32.5 Å². The van der Waals surface area contributed by atoms with Gasteiger partial charge in [0.15, 0.2) is 18.3 Å². The maximum Gasteiger partial charge on any atom is 0.490 e. The molecule has 7 aromatic carbocycles. The zero-order valence-electron chi connectivity index (χ0n) is 77.6. The van der Waals surface area contributed by atoms with Crippen LogP contribution in [0.15, 0.2) is 147 Å². The molecule has 6 aliphatic rings. The molecule has 25 nitrogen and oxygen atoms in total. The fourth-order valence-corrected chi connectivity index (χ4v) is 17.4. The summed E-state index contributed by atoms with van der Waals surface area (Å²) in [6, 6.07) is 34.7. The molecule has 3 unspecified atom stereocenters. The van der Waals surface area contributed by atoms with Gasteiger partial charge in [-0.3, -0.25) is 19.9 Å². The van der Waals surface area contributed by atoms with Crippen LogP contribution in [0.3, 0.4) is 0 Å². The van der Waals surface area contributed by atoms with Gasteiger partial charge in [0.1, 0.15) is 23.0 Å². The second-order valence-corrected chi connectivity index (χ2v) is 38.6. The first-order chi connectivity index (χ1) is 60.6. The van der Waals surface area contributed by atoms with Crippen molar-refractivity contribution in [3.05, 3.63) is 220 Å². The first-order valence-corrected chi connectivity index (χ1v) is 45.1. The summed E-state index contributed by atoms with van der Waals surface area (Å²) < 4.78 is 75.7. The molecule has 17 rings (SSSR count). The van der Waals surface area contributed by atoms with Crippen molar-refractivity contribution in [3.63, 3.8) is 0 Å². The molecule has 2 fully saturated rings. The molecule has 5 N–H and O–H groups in total. The quantitative estimate of drug-likeness (QED) is 0.0431. The molecule has 6 aliphatic heterocycles. The van der Waals surface area contributed by atoms with Gasteiger partial charge in [-0.25, -0.2) is 14.4 Å². The third kappa shape index (κ3) is 22.7. The Balaban J connectivity index is 0.000000148. The Labute approximate surface area is 781 Å². The van der Waals surface area contributed by atoms with E-state index in [0.717, 1.165) is 168 Å². The van der Waals surface area contributed by atoms with E-state index in [4.69, 9.17) is 61.5 Å². The summed E-state index contributed by atoms with van der Waals surface area (Å²) in [5, 5.41) is 50.9. The van der Waals surface area contributed by atoms with Gasteiger partial charge in [-0.2, -0.15) is 0 Å². The smallest absolute Gasteiger partial charge is 0.490 e. The van der Waals surface area contributed by atoms with Crippen LogP contribution in [0.2, 0.25) is 0 Å². The Morgan fingerprint density at radius 3 is 1.07 bits per heavy atom. The normalized spacial score (nSPS) is 16.2. The molecule has 0 aliphatic carbocycles. The van der Waals surface area contributed by atoms with E-state index in [1.54, 1.807) is 36.7 Å². The summed E-state index contributed by atoms with van der Waals surface area (Å²) >= 11 is 10.4. The molecule has 10 heterocycles. The lowest BCUT2D eigenvalue weighted by Gasteiger charge is -2.32. The van der Waals surface area contributed by atoms with Crippen LogP contribution < -0.4 is 29.9 Å². The van der Waals surface area contributed by atoms with Gasteiger partial charge in [0, 0.05) is 119 Å². The maximum absolute atomic E-state index is 12.9. The predicted octanol–water partition coefficient (Wildman–Crippen LogP) is 16.7. The molecule has 32 heteroatoms. The summed E-state index contributed by atoms with van der Waals surface area (Å²) in [6.45, 7) is 42.3. The number of aromatic nitrogens is 4. The molecule has 682 valence electrons. The van der Waals surface area contributed by atoms with Crippen LogP contribution in [-0.4, -0.2) is 173 Å². The van der Waals surface area contributed by atoms with E-state index in [9.17, 15) is 39.6 Å². The molecule has 2 saturated heterocycles. The van der Waals surface area contributed by atoms with Crippen molar-refractivity contribution in [2.75, 3.05) is 47.8 Å². The topological polar surface area (TPSA) is 324 Å². The number of methoxy groups -OCH3 is 3. The zero-order valence-corrected chi connectivity index (χ0v) is 82.3. The number of hydrogen-bond donors (Lipinski definition) is 5. The summed E-state index contributed by atoms with van der Waals surface area (Å²) in [7, 11) is 0.0722. The fourth-order valence-electron chi connectivity index (χ4n) is 15.6. The molecule has 0 saturated carbocycles. The highest BCUT2D eigenvalue weighted by Gasteiger charge is 2.64. The van der Waals surface area contributed by atoms with Gasteiger partial charge in [-0.1, -0.05) is 80.4 Å². The number of nitrogens with zero attached hydrogens (tertiary/aromatic N) is 4. The van der Waals surface area contributed by atoms with Crippen LogP contribution in [0, 0.1) is 41.5 Å². The highest BCUT2D eigenvalue weighted by molar-refractivity contribution is 9.11. The third-order valence-corrected chi connectivity index (χ3v) is 26.5. The number of carbonyl (C=O) groups excluding carboxylic acids is 3. The third-order valence-electron chi connectivity index (χ3n) is 23.7. The second-order valence-electron chi connectivity index (χ2n) is 36.2. The van der Waals surface area contributed by atoms with E-state index < -0.39 is 69.7 Å². The fraction of sp³-hybridized carbons (Fsp3) is 0.412. The van der Waals surface area contributed by atoms with Gasteiger partial charge < -0.3 is 86.5 Å². The molecular formula is C97H115B4Br3N4O21. The van der Waals surface area contributed by atoms with Crippen LogP contribution in [0.1, 0.15) is 188 Å². The van der Waals surface area contributed by atoms with Gasteiger partial charge in [0.25, 0.3) is 0 Å². The predicted molar refractivity (Wildman–Crippen MR) is 514 cm³/mol. The largest absolute Gasteiger partial charge is 0.493 e. The van der Waals surface area contributed by atoms with E-state index in [2.05, 4.69) is 92.6 Å². The van der Waals surface area contributed by atoms with Gasteiger partial charge in [0.05, 0.1) is 103 Å². The number of aliphatic hydroxyl groups excluding tert-OH is 1. The summed E-state index contributed by atoms with van der Waals surface area (Å²) in [4.78, 5) is 53.7. The minimum Gasteiger partial charge on any atom is -0.493 e. The van der Waals surface area contributed by atoms with Crippen LogP contribution in [0.5, 0.6) is 23.0 Å². The number of benzene rings is 7. The number of carbonyl (C=O) groups is 3. The number of aryl methyl sites for hydroxylation is 6. The Kier molecular flexibility index (Phi) is 32.3. The summed E-state index contributed by atoms with van der Waals surface area (Å²) in [5.74, 6) is 1.91. The van der Waals surface area contributed by atoms with Crippen LogP contribution in [-0.2, 0) is 82.4 Å². The van der Waals surface area contributed by atoms with Gasteiger partial charge in [0.2, 0.25) is 0 Å². The molecule has 4 aromatic heterocycles. The molecule has 3 atom stereocenters. The number of aliphatic hydroxyl groups is 1. The standard InChI is InChI=1S/C26H29NO4.C15H21BrO3.C12H24B2O4.2C11H10BNO3.C11H8BrNO.C11H13BrO3/c1-15-7-8-16(2)21(24(25(28)29-6)31-26(3,4)5)20(15)18-9-10-19-22-17(12-14-30-19)11-13-27-23(18)22;1-9-7-8-10(2)12(16)11(9)13(14(17)18-6)19-15(3,4)5;1-9(2)10(3,4)16-13(15-9)14-17-11(5,6)12(7,8)18-14;2*14-12(15)8-1-2-9-10-7(4-6-16-9)3-5-13-11(8)10;12-8-1-2-9-10-7(4-6-14-9)3-5-13-11(8)10;1-6-4-5-7(2)9(12)8(6)10(13)11(14)15-3/h7-11,13,24H,12,14H2,1-6H3;7-8,13H,1-6H3;1-8H3;2*1-3,5,14-15H,4,6H2;1-3,5H,4,6H2;4-5,10,13H,1-3H3. The van der Waals surface area contributed by atoms with Crippen molar-refractivity contribution in [2.24, 2.45) is 0 Å². The van der Waals surface area contributed by atoms with Crippen LogP contribution in [0.4, 0.5) is 0 Å². The lowest BCUT2D eigenvalue weighted by atomic mass is 9.49. The molecule has 0 bridgehead atoms. The highest BCUT2D eigenvalue weighted by atomic mass is 79.9. The van der Waals surface area contributed by atoms with Gasteiger partial charge in [-0.15, -0.1) is 0 Å². The lowest BCUT2D eigenvalue weighted by Crippen LogP contribution is -2.41. The molecule has 0 radical (unpaired) electrons. The van der Waals surface area contributed by atoms with Crippen molar-refractivity contribution >= 4 is 148 Å². The van der Waals surface area contributed by atoms with Gasteiger partial charge >= 0.3 is 46.2 Å². The average molecular weight is 1960 g/mol. The van der Waals surface area contributed by atoms with Crippen molar-refractivity contribution in [2.45, 2.75) is 216 Å². The van der Waals surface area contributed by atoms with Crippen LogP contribution >= 0.6 is 47.8 Å². The molecule has 0 amide bonds. The van der Waals surface area contributed by atoms with Gasteiger partial charge in [-0.05, 0) is 276 Å². The number of ether oxygens (including phenoxy) is 9. The van der Waals surface area contributed by atoms with Crippen molar-refractivity contribution in [1.82, 2.24) is 19.9 Å². The van der Waals surface area contributed by atoms with E-state index in [0.29, 0.717) is 47.3 Å². The summed E-state index contributed by atoms with van der Waals surface area (Å²) in [5.41, 5.74) is 16.5.